The molecule has 2 atom stereocenters. The van der Waals surface area contributed by atoms with E-state index in [1.807, 2.05) is 13.8 Å². The molecule has 110 valence electrons. The van der Waals surface area contributed by atoms with Gasteiger partial charge in [0.2, 0.25) is 5.91 Å². The number of rotatable bonds is 4. The van der Waals surface area contributed by atoms with Crippen molar-refractivity contribution in [3.8, 4) is 0 Å². The molecule has 1 saturated heterocycles. The van der Waals surface area contributed by atoms with Crippen molar-refractivity contribution in [3.05, 3.63) is 18.0 Å². The number of carbonyl (C=O) groups is 2. The molecule has 2 unspecified atom stereocenters. The van der Waals surface area contributed by atoms with Gasteiger partial charge in [0.05, 0.1) is 5.69 Å². The summed E-state index contributed by atoms with van der Waals surface area (Å²) in [6, 6.07) is 1.07. The molecule has 1 aliphatic heterocycles. The third-order valence-electron chi connectivity index (χ3n) is 3.30. The van der Waals surface area contributed by atoms with Crippen molar-refractivity contribution >= 4 is 11.9 Å². The summed E-state index contributed by atoms with van der Waals surface area (Å²) in [7, 11) is 1.72. The second kappa shape index (κ2) is 5.62. The molecule has 7 nitrogen and oxygen atoms in total. The molecule has 1 aromatic rings. The van der Waals surface area contributed by atoms with E-state index in [0.717, 1.165) is 0 Å². The minimum atomic E-state index is -1.07. The summed E-state index contributed by atoms with van der Waals surface area (Å²) in [6.45, 7) is 4.26. The van der Waals surface area contributed by atoms with Crippen molar-refractivity contribution in [1.82, 2.24) is 14.7 Å². The quantitative estimate of drug-likeness (QED) is 0.865. The molecule has 20 heavy (non-hydrogen) atoms. The Morgan fingerprint density at radius 1 is 1.60 bits per heavy atom. The van der Waals surface area contributed by atoms with Gasteiger partial charge in [0.25, 0.3) is 0 Å². The predicted molar refractivity (Wildman–Crippen MR) is 69.9 cm³/mol. The minimum absolute atomic E-state index is 0.192. The first-order valence-corrected chi connectivity index (χ1v) is 6.53. The summed E-state index contributed by atoms with van der Waals surface area (Å²) < 4.78 is 6.80. The van der Waals surface area contributed by atoms with E-state index in [1.54, 1.807) is 28.9 Å². The lowest BCUT2D eigenvalue weighted by atomic mass is 10.0. The van der Waals surface area contributed by atoms with Crippen LogP contribution in [0.15, 0.2) is 12.3 Å². The van der Waals surface area contributed by atoms with Gasteiger partial charge >= 0.3 is 5.97 Å². The number of carboxylic acids is 1. The normalized spacial score (nSPS) is 23.4. The highest BCUT2D eigenvalue weighted by Crippen LogP contribution is 2.30. The molecule has 2 rings (SSSR count). The molecule has 0 spiro atoms. The lowest BCUT2D eigenvalue weighted by Crippen LogP contribution is -2.53. The van der Waals surface area contributed by atoms with Crippen LogP contribution >= 0.6 is 0 Å². The van der Waals surface area contributed by atoms with Gasteiger partial charge in [-0.1, -0.05) is 13.8 Å². The molecule has 1 aromatic heterocycles. The number of amides is 1. The van der Waals surface area contributed by atoms with Crippen LogP contribution in [0.1, 0.15) is 25.6 Å². The Morgan fingerprint density at radius 2 is 2.30 bits per heavy atom. The van der Waals surface area contributed by atoms with Gasteiger partial charge < -0.3 is 14.7 Å². The fourth-order valence-electron chi connectivity index (χ4n) is 2.46. The minimum Gasteiger partial charge on any atom is -0.479 e. The Labute approximate surface area is 117 Å². The average Bonchev–Trinajstić information content (AvgIpc) is 2.77. The Bertz CT molecular complexity index is 511. The standard InChI is InChI=1S/C13H19N3O4/c1-8(2)6-16-10(17)7-20-12(13(18)19)11(16)9-4-5-14-15(9)3/h4-5,8,11-12H,6-7H2,1-3H3,(H,18,19). The van der Waals surface area contributed by atoms with Gasteiger partial charge in [-0.2, -0.15) is 5.10 Å². The zero-order valence-corrected chi connectivity index (χ0v) is 11.8. The SMILES string of the molecule is CC(C)CN1C(=O)COC(C(=O)O)C1c1ccnn1C. The van der Waals surface area contributed by atoms with E-state index in [9.17, 15) is 14.7 Å². The van der Waals surface area contributed by atoms with Gasteiger partial charge in [0.15, 0.2) is 6.10 Å². The first-order valence-electron chi connectivity index (χ1n) is 6.53. The highest BCUT2D eigenvalue weighted by atomic mass is 16.5. The number of aryl methyl sites for hydroxylation is 1. The van der Waals surface area contributed by atoms with Crippen molar-refractivity contribution < 1.29 is 19.4 Å². The van der Waals surface area contributed by atoms with Crippen molar-refractivity contribution in [2.75, 3.05) is 13.2 Å². The molecule has 0 aromatic carbocycles. The summed E-state index contributed by atoms with van der Waals surface area (Å²) in [5, 5.41) is 13.4. The maximum Gasteiger partial charge on any atom is 0.335 e. The third kappa shape index (κ3) is 2.67. The summed E-state index contributed by atoms with van der Waals surface area (Å²) in [4.78, 5) is 25.1. The highest BCUT2D eigenvalue weighted by molar-refractivity contribution is 5.82. The van der Waals surface area contributed by atoms with Gasteiger partial charge in [0.1, 0.15) is 12.6 Å². The summed E-state index contributed by atoms with van der Waals surface area (Å²) in [6.07, 6.45) is 0.516. The van der Waals surface area contributed by atoms with E-state index < -0.39 is 18.1 Å². The van der Waals surface area contributed by atoms with Crippen molar-refractivity contribution in [1.29, 1.82) is 0 Å². The first-order chi connectivity index (χ1) is 9.41. The van der Waals surface area contributed by atoms with Crippen molar-refractivity contribution in [3.63, 3.8) is 0 Å². The topological polar surface area (TPSA) is 84.7 Å². The molecule has 1 fully saturated rings. The zero-order valence-electron chi connectivity index (χ0n) is 11.8. The van der Waals surface area contributed by atoms with E-state index in [2.05, 4.69) is 5.10 Å². The second-order valence-electron chi connectivity index (χ2n) is 5.33. The molecule has 2 heterocycles. The summed E-state index contributed by atoms with van der Waals surface area (Å²) >= 11 is 0. The molecule has 0 bridgehead atoms. The van der Waals surface area contributed by atoms with Crippen molar-refractivity contribution in [2.24, 2.45) is 13.0 Å². The molecule has 0 saturated carbocycles. The predicted octanol–water partition coefficient (Wildman–Crippen LogP) is 0.429. The molecule has 7 heteroatoms. The van der Waals surface area contributed by atoms with Crippen LogP contribution in [0.5, 0.6) is 0 Å². The number of ether oxygens (including phenoxy) is 1. The lowest BCUT2D eigenvalue weighted by molar-refractivity contribution is -0.174. The van der Waals surface area contributed by atoms with Crippen LogP contribution < -0.4 is 0 Å². The number of hydrogen-bond donors (Lipinski definition) is 1. The van der Waals surface area contributed by atoms with E-state index in [4.69, 9.17) is 4.74 Å². The second-order valence-corrected chi connectivity index (χ2v) is 5.33. The molecule has 1 aliphatic rings. The number of nitrogens with zero attached hydrogens (tertiary/aromatic N) is 3. The van der Waals surface area contributed by atoms with Crippen molar-refractivity contribution in [2.45, 2.75) is 26.0 Å². The number of aromatic nitrogens is 2. The lowest BCUT2D eigenvalue weighted by Gasteiger charge is -2.40. The number of aliphatic carboxylic acids is 1. The fraction of sp³-hybridized carbons (Fsp3) is 0.615. The zero-order chi connectivity index (χ0) is 14.9. The van der Waals surface area contributed by atoms with Gasteiger partial charge in [0, 0.05) is 19.8 Å². The van der Waals surface area contributed by atoms with Gasteiger partial charge in [-0.25, -0.2) is 4.79 Å². The molecular formula is C13H19N3O4. The van der Waals surface area contributed by atoms with E-state index >= 15 is 0 Å². The van der Waals surface area contributed by atoms with E-state index in [0.29, 0.717) is 12.2 Å². The highest BCUT2D eigenvalue weighted by Gasteiger charge is 2.43. The van der Waals surface area contributed by atoms with Crippen LogP contribution in [0, 0.1) is 5.92 Å². The Kier molecular flexibility index (Phi) is 4.08. The van der Waals surface area contributed by atoms with Gasteiger partial charge in [-0.3, -0.25) is 9.48 Å². The molecule has 0 aliphatic carbocycles. The van der Waals surface area contributed by atoms with Gasteiger partial charge in [-0.05, 0) is 12.0 Å². The number of carbonyl (C=O) groups excluding carboxylic acids is 1. The van der Waals surface area contributed by atoms with Crippen LogP contribution in [0.25, 0.3) is 0 Å². The molecular weight excluding hydrogens is 262 g/mol. The Balaban J connectivity index is 2.41. The van der Waals surface area contributed by atoms with Crippen LogP contribution in [-0.2, 0) is 21.4 Å². The van der Waals surface area contributed by atoms with Crippen LogP contribution in [0.2, 0.25) is 0 Å². The maximum absolute atomic E-state index is 12.1. The largest absolute Gasteiger partial charge is 0.479 e. The van der Waals surface area contributed by atoms with E-state index in [1.165, 1.54) is 0 Å². The third-order valence-corrected chi connectivity index (χ3v) is 3.30. The maximum atomic E-state index is 12.1. The van der Waals surface area contributed by atoms with E-state index in [-0.39, 0.29) is 18.4 Å². The van der Waals surface area contributed by atoms with Crippen LogP contribution in [-0.4, -0.2) is 50.9 Å². The van der Waals surface area contributed by atoms with Crippen LogP contribution in [0.4, 0.5) is 0 Å². The number of morpholine rings is 1. The molecule has 1 amide bonds. The Hall–Kier alpha value is -1.89. The Morgan fingerprint density at radius 3 is 2.80 bits per heavy atom. The number of hydrogen-bond acceptors (Lipinski definition) is 4. The molecule has 0 radical (unpaired) electrons. The average molecular weight is 281 g/mol. The van der Waals surface area contributed by atoms with Crippen LogP contribution in [0.3, 0.4) is 0 Å². The monoisotopic (exact) mass is 281 g/mol. The first kappa shape index (κ1) is 14.5. The van der Waals surface area contributed by atoms with Gasteiger partial charge in [-0.15, -0.1) is 0 Å². The fourth-order valence-corrected chi connectivity index (χ4v) is 2.46. The smallest absolute Gasteiger partial charge is 0.335 e. The summed E-state index contributed by atoms with van der Waals surface area (Å²) in [5.74, 6) is -1.03. The summed E-state index contributed by atoms with van der Waals surface area (Å²) in [5.41, 5.74) is 0.658. The molecule has 1 N–H and O–H groups in total. The number of carboxylic acid groups (broad SMARTS) is 1.